The lowest BCUT2D eigenvalue weighted by atomic mass is 9.98. The Hall–Kier alpha value is -1.58. The molecule has 2 aliphatic carbocycles. The first kappa shape index (κ1) is 15.0. The Bertz CT molecular complexity index is 674. The minimum absolute atomic E-state index is 0.331. The normalized spacial score (nSPS) is 22.6. The molecule has 1 aromatic rings. The molecule has 0 radical (unpaired) electrons. The molecule has 0 spiro atoms. The number of unbranched alkanes of at least 4 members (excludes halogenated alkanes) is 1. The average Bonchev–Trinajstić information content (AvgIpc) is 3.45. The van der Waals surface area contributed by atoms with Gasteiger partial charge < -0.3 is 4.90 Å². The zero-order chi connectivity index (χ0) is 16.2. The van der Waals surface area contributed by atoms with Crippen molar-refractivity contribution in [1.29, 1.82) is 0 Å². The largest absolute Gasteiger partial charge is 0.341 e. The van der Waals surface area contributed by atoms with Gasteiger partial charge in [0.05, 0.1) is 5.70 Å². The minimum Gasteiger partial charge on any atom is -0.341 e. The molecule has 1 aromatic heterocycles. The predicted octanol–water partition coefficient (Wildman–Crippen LogP) is 4.40. The van der Waals surface area contributed by atoms with Gasteiger partial charge in [-0.3, -0.25) is 4.57 Å². The van der Waals surface area contributed by atoms with Gasteiger partial charge in [0.15, 0.2) is 5.82 Å². The summed E-state index contributed by atoms with van der Waals surface area (Å²) in [6, 6.07) is 0. The SMILES string of the molecule is C=C1c2nnc(C3(C4CC4)CC3)n2C(CC)=C(C)N1CCCC. The second-order valence-corrected chi connectivity index (χ2v) is 7.45. The quantitative estimate of drug-likeness (QED) is 0.780. The maximum absolute atomic E-state index is 4.68. The lowest BCUT2D eigenvalue weighted by Crippen LogP contribution is -2.30. The molecular weight excluding hydrogens is 284 g/mol. The molecule has 3 aliphatic rings. The van der Waals surface area contributed by atoms with E-state index in [-0.39, 0.29) is 0 Å². The number of hydrogen-bond acceptors (Lipinski definition) is 3. The molecule has 0 unspecified atom stereocenters. The van der Waals surface area contributed by atoms with Crippen LogP contribution in [0.15, 0.2) is 12.3 Å². The van der Waals surface area contributed by atoms with Gasteiger partial charge in [-0.25, -0.2) is 0 Å². The van der Waals surface area contributed by atoms with Gasteiger partial charge in [0, 0.05) is 23.4 Å². The first-order chi connectivity index (χ1) is 11.1. The van der Waals surface area contributed by atoms with E-state index in [9.17, 15) is 0 Å². The molecule has 1 aliphatic heterocycles. The van der Waals surface area contributed by atoms with Gasteiger partial charge in [-0.15, -0.1) is 10.2 Å². The number of nitrogens with zero attached hydrogens (tertiary/aromatic N) is 4. The van der Waals surface area contributed by atoms with Crippen molar-refractivity contribution in [2.75, 3.05) is 6.54 Å². The van der Waals surface area contributed by atoms with Crippen LogP contribution >= 0.6 is 0 Å². The third-order valence-electron chi connectivity index (χ3n) is 6.00. The molecule has 4 heteroatoms. The highest BCUT2D eigenvalue weighted by Crippen LogP contribution is 2.62. The molecule has 124 valence electrons. The van der Waals surface area contributed by atoms with Crippen molar-refractivity contribution in [3.8, 4) is 0 Å². The molecule has 0 saturated heterocycles. The van der Waals surface area contributed by atoms with Gasteiger partial charge in [0.1, 0.15) is 5.82 Å². The predicted molar refractivity (Wildman–Crippen MR) is 93.5 cm³/mol. The summed E-state index contributed by atoms with van der Waals surface area (Å²) in [6.07, 6.45) is 8.71. The molecule has 0 aromatic carbocycles. The molecule has 0 N–H and O–H groups in total. The smallest absolute Gasteiger partial charge is 0.184 e. The molecular formula is C19H28N4. The van der Waals surface area contributed by atoms with Crippen LogP contribution in [0.1, 0.15) is 77.4 Å². The lowest BCUT2D eigenvalue weighted by Gasteiger charge is -2.35. The molecule has 23 heavy (non-hydrogen) atoms. The molecule has 0 bridgehead atoms. The third-order valence-corrected chi connectivity index (χ3v) is 6.00. The van der Waals surface area contributed by atoms with Crippen molar-refractivity contribution in [3.05, 3.63) is 23.9 Å². The van der Waals surface area contributed by atoms with Gasteiger partial charge in [-0.2, -0.15) is 0 Å². The van der Waals surface area contributed by atoms with Crippen LogP contribution in [0.2, 0.25) is 0 Å². The van der Waals surface area contributed by atoms with Crippen molar-refractivity contribution in [1.82, 2.24) is 19.7 Å². The van der Waals surface area contributed by atoms with E-state index in [0.717, 1.165) is 30.4 Å². The van der Waals surface area contributed by atoms with E-state index in [1.165, 1.54) is 55.7 Å². The Kier molecular flexibility index (Phi) is 3.40. The lowest BCUT2D eigenvalue weighted by molar-refractivity contribution is 0.452. The molecule has 2 fully saturated rings. The Morgan fingerprint density at radius 3 is 2.52 bits per heavy atom. The van der Waals surface area contributed by atoms with Crippen molar-refractivity contribution in [2.45, 2.75) is 71.1 Å². The first-order valence-electron chi connectivity index (χ1n) is 9.27. The number of aromatic nitrogens is 3. The molecule has 2 heterocycles. The summed E-state index contributed by atoms with van der Waals surface area (Å²) in [5.41, 5.74) is 4.07. The van der Waals surface area contributed by atoms with E-state index < -0.39 is 0 Å². The summed E-state index contributed by atoms with van der Waals surface area (Å²) in [7, 11) is 0. The molecule has 0 amide bonds. The van der Waals surface area contributed by atoms with E-state index >= 15 is 0 Å². The first-order valence-corrected chi connectivity index (χ1v) is 9.27. The molecule has 4 nitrogen and oxygen atoms in total. The number of hydrogen-bond donors (Lipinski definition) is 0. The van der Waals surface area contributed by atoms with Gasteiger partial charge >= 0.3 is 0 Å². The van der Waals surface area contributed by atoms with Crippen molar-refractivity contribution < 1.29 is 0 Å². The van der Waals surface area contributed by atoms with Gasteiger partial charge in [0.2, 0.25) is 0 Å². The summed E-state index contributed by atoms with van der Waals surface area (Å²) >= 11 is 0. The number of allylic oxidation sites excluding steroid dienone is 2. The minimum atomic E-state index is 0.331. The van der Waals surface area contributed by atoms with Crippen molar-refractivity contribution in [3.63, 3.8) is 0 Å². The van der Waals surface area contributed by atoms with Crippen LogP contribution in [-0.2, 0) is 5.41 Å². The standard InChI is InChI=1S/C19H28N4/c1-5-7-12-22-13(3)16(6-2)23-17(14(22)4)20-21-18(23)19(10-11-19)15-8-9-15/h15H,4-12H2,1-3H3. The third kappa shape index (κ3) is 2.10. The van der Waals surface area contributed by atoms with Crippen LogP contribution in [0.3, 0.4) is 0 Å². The van der Waals surface area contributed by atoms with E-state index in [0.29, 0.717) is 5.41 Å². The summed E-state index contributed by atoms with van der Waals surface area (Å²) in [4.78, 5) is 2.35. The maximum Gasteiger partial charge on any atom is 0.184 e. The van der Waals surface area contributed by atoms with E-state index in [1.807, 2.05) is 0 Å². The van der Waals surface area contributed by atoms with Crippen LogP contribution in [0.4, 0.5) is 0 Å². The van der Waals surface area contributed by atoms with Gasteiger partial charge in [-0.05, 0) is 51.4 Å². The average molecular weight is 312 g/mol. The summed E-state index contributed by atoms with van der Waals surface area (Å²) in [6.45, 7) is 12.1. The zero-order valence-electron chi connectivity index (χ0n) is 14.7. The Labute approximate surface area is 139 Å². The van der Waals surface area contributed by atoms with Crippen molar-refractivity contribution in [2.24, 2.45) is 5.92 Å². The number of fused-ring (bicyclic) bond motifs is 1. The van der Waals surface area contributed by atoms with Gasteiger partial charge in [-0.1, -0.05) is 26.8 Å². The molecule has 0 atom stereocenters. The number of rotatable bonds is 6. The van der Waals surface area contributed by atoms with E-state index in [1.54, 1.807) is 0 Å². The second-order valence-electron chi connectivity index (χ2n) is 7.45. The highest BCUT2D eigenvalue weighted by atomic mass is 15.4. The van der Waals surface area contributed by atoms with Gasteiger partial charge in [0.25, 0.3) is 0 Å². The van der Waals surface area contributed by atoms with E-state index in [4.69, 9.17) is 0 Å². The van der Waals surface area contributed by atoms with Crippen LogP contribution in [0, 0.1) is 5.92 Å². The summed E-state index contributed by atoms with van der Waals surface area (Å²) < 4.78 is 2.37. The highest BCUT2D eigenvalue weighted by Gasteiger charge is 2.58. The van der Waals surface area contributed by atoms with Crippen LogP contribution < -0.4 is 0 Å². The monoisotopic (exact) mass is 312 g/mol. The molecule has 4 rings (SSSR count). The Morgan fingerprint density at radius 1 is 1.22 bits per heavy atom. The fourth-order valence-corrected chi connectivity index (χ4v) is 4.31. The van der Waals surface area contributed by atoms with Crippen LogP contribution in [0.25, 0.3) is 11.4 Å². The fourth-order valence-electron chi connectivity index (χ4n) is 4.31. The van der Waals surface area contributed by atoms with E-state index in [2.05, 4.69) is 47.0 Å². The van der Waals surface area contributed by atoms with Crippen LogP contribution in [0.5, 0.6) is 0 Å². The molecule has 2 saturated carbocycles. The maximum atomic E-state index is 4.68. The fraction of sp³-hybridized carbons (Fsp3) is 0.684. The Morgan fingerprint density at radius 2 is 1.96 bits per heavy atom. The zero-order valence-corrected chi connectivity index (χ0v) is 14.7. The topological polar surface area (TPSA) is 34.0 Å². The Balaban J connectivity index is 1.79. The second kappa shape index (κ2) is 5.22. The van der Waals surface area contributed by atoms with Crippen molar-refractivity contribution >= 4 is 11.4 Å². The highest BCUT2D eigenvalue weighted by molar-refractivity contribution is 5.70. The summed E-state index contributed by atoms with van der Waals surface area (Å²) in [5.74, 6) is 3.05. The van der Waals surface area contributed by atoms with Crippen LogP contribution in [-0.4, -0.2) is 26.2 Å². The summed E-state index contributed by atoms with van der Waals surface area (Å²) in [5, 5.41) is 9.27.